The zero-order chi connectivity index (χ0) is 45.3. The highest BCUT2D eigenvalue weighted by atomic mass is 31.2. The lowest BCUT2D eigenvalue weighted by molar-refractivity contribution is -0.171. The summed E-state index contributed by atoms with van der Waals surface area (Å²) in [6, 6.07) is 4.91. The van der Waals surface area contributed by atoms with Gasteiger partial charge in [0.25, 0.3) is 0 Å². The SMILES string of the molecule is C.CC(C)N(C(C)C)P(=O)(CCC#N)N(C(C)C)C(C)C.[2H]C[C@H]1OC[C@@H](C)[C@](C)(F)C1O.[2H]C[C@H]1OC[C@@H](C)[C@](C)(F)C1OP(C)OCCC#N.[3H]OC.[3H]OC. The fraction of sp³-hybridized carbons (Fsp3) is 0.947. The van der Waals surface area contributed by atoms with Gasteiger partial charge in [0.1, 0.15) is 23.5 Å². The Bertz CT molecular complexity index is 1130. The van der Waals surface area contributed by atoms with Crippen molar-refractivity contribution >= 4 is 15.8 Å². The van der Waals surface area contributed by atoms with E-state index in [1.54, 1.807) is 20.5 Å². The van der Waals surface area contributed by atoms with Crippen LogP contribution in [0.3, 0.4) is 0 Å². The molecular weight excluding hydrogens is 740 g/mol. The summed E-state index contributed by atoms with van der Waals surface area (Å²) >= 11 is 0. The molecule has 0 bridgehead atoms. The number of hydrogen-bond acceptors (Lipinski definition) is 10. The Morgan fingerprint density at radius 3 is 1.67 bits per heavy atom. The molecule has 3 N–H and O–H groups in total. The van der Waals surface area contributed by atoms with Gasteiger partial charge in [-0.3, -0.25) is 4.57 Å². The molecule has 12 nitrogen and oxygen atoms in total. The van der Waals surface area contributed by atoms with Gasteiger partial charge in [-0.25, -0.2) is 18.1 Å². The number of hydrogen-bond donors (Lipinski definition) is 3. The van der Waals surface area contributed by atoms with E-state index < -0.39 is 51.6 Å². The summed E-state index contributed by atoms with van der Waals surface area (Å²) in [5.74, 6) is -0.599. The number of aliphatic hydroxyl groups excluding tert-OH is 3. The normalized spacial score (nSPS) is 29.5. The average Bonchev–Trinajstić information content (AvgIpc) is 3.10. The first kappa shape index (κ1) is 51.2. The number of aliphatic hydroxyl groups is 3. The summed E-state index contributed by atoms with van der Waals surface area (Å²) in [5, 5.41) is 33.8. The Balaban J connectivity index is -0.000000357. The number of ether oxygens (including phenoxy) is 2. The monoisotopic (exact) mass is 827 g/mol. The summed E-state index contributed by atoms with van der Waals surface area (Å²) < 4.78 is 93.9. The van der Waals surface area contributed by atoms with Gasteiger partial charge in [0.15, 0.2) is 8.38 Å². The third-order valence-electron chi connectivity index (χ3n) is 8.97. The van der Waals surface area contributed by atoms with Crippen LogP contribution in [0.5, 0.6) is 0 Å². The smallest absolute Gasteiger partial charge is 0.218 e. The van der Waals surface area contributed by atoms with Crippen LogP contribution in [0.2, 0.25) is 0 Å². The van der Waals surface area contributed by atoms with Crippen molar-refractivity contribution in [2.45, 2.75) is 177 Å². The molecule has 2 aliphatic heterocycles. The molecule has 2 aliphatic rings. The van der Waals surface area contributed by atoms with E-state index in [-0.39, 0.29) is 76.9 Å². The highest BCUT2D eigenvalue weighted by Gasteiger charge is 2.49. The van der Waals surface area contributed by atoms with Crippen molar-refractivity contribution in [1.82, 2.24) is 9.34 Å². The van der Waals surface area contributed by atoms with E-state index in [2.05, 4.69) is 81.0 Å². The highest BCUT2D eigenvalue weighted by molar-refractivity contribution is 7.59. The second-order valence-corrected chi connectivity index (χ2v) is 18.5. The molecule has 2 rings (SSSR count). The second kappa shape index (κ2) is 29.4. The molecule has 0 aliphatic carbocycles. The maximum Gasteiger partial charge on any atom is 0.218 e. The minimum atomic E-state index is -2.74. The first-order valence-electron chi connectivity index (χ1n) is 20.4. The molecule has 0 aromatic carbocycles. The van der Waals surface area contributed by atoms with Gasteiger partial charge in [0, 0.05) is 72.2 Å². The number of halogens is 2. The first-order chi connectivity index (χ1) is 26.3. The molecule has 2 heterocycles. The van der Waals surface area contributed by atoms with E-state index >= 15 is 0 Å². The number of alkyl halides is 2. The number of nitrogens with zero attached hydrogens (tertiary/aromatic N) is 4. The molecule has 0 saturated carbocycles. The Hall–Kier alpha value is -0.860. The Morgan fingerprint density at radius 1 is 0.907 bits per heavy atom. The van der Waals surface area contributed by atoms with Crippen LogP contribution in [0, 0.1) is 34.5 Å². The summed E-state index contributed by atoms with van der Waals surface area (Å²) in [7, 11) is -1.43. The van der Waals surface area contributed by atoms with Gasteiger partial charge in [0.05, 0.1) is 50.6 Å². The van der Waals surface area contributed by atoms with Crippen LogP contribution >= 0.6 is 15.8 Å². The van der Waals surface area contributed by atoms with Crippen molar-refractivity contribution in [3.63, 3.8) is 0 Å². The summed E-state index contributed by atoms with van der Waals surface area (Å²) in [6.45, 7) is 25.4. The van der Waals surface area contributed by atoms with E-state index in [4.69, 9.17) is 34.6 Å². The zero-order valence-corrected chi connectivity index (χ0v) is 37.0. The van der Waals surface area contributed by atoms with E-state index in [9.17, 15) is 18.5 Å². The lowest BCUT2D eigenvalue weighted by Gasteiger charge is -2.46. The van der Waals surface area contributed by atoms with Gasteiger partial charge in [-0.1, -0.05) is 21.3 Å². The van der Waals surface area contributed by atoms with Gasteiger partial charge < -0.3 is 33.8 Å². The third-order valence-corrected chi connectivity index (χ3v) is 14.1. The van der Waals surface area contributed by atoms with Crippen molar-refractivity contribution in [3.05, 3.63) is 0 Å². The molecule has 0 amide bonds. The zero-order valence-electron chi connectivity index (χ0n) is 39.2. The maximum absolute atomic E-state index is 14.7. The maximum atomic E-state index is 14.7. The van der Waals surface area contributed by atoms with Crippen LogP contribution in [-0.2, 0) is 23.1 Å². The topological polar surface area (TPSA) is 169 Å². The van der Waals surface area contributed by atoms with Crippen LogP contribution < -0.4 is 0 Å². The molecule has 0 spiro atoms. The van der Waals surface area contributed by atoms with Gasteiger partial charge in [-0.15, -0.1) is 0 Å². The Labute approximate surface area is 336 Å². The molecule has 3 unspecified atom stereocenters. The Morgan fingerprint density at radius 2 is 1.30 bits per heavy atom. The molecule has 2 fully saturated rings. The van der Waals surface area contributed by atoms with E-state index in [0.717, 1.165) is 0 Å². The predicted molar refractivity (Wildman–Crippen MR) is 218 cm³/mol. The minimum absolute atomic E-state index is 0. The summed E-state index contributed by atoms with van der Waals surface area (Å²) in [4.78, 5) is 0. The minimum Gasteiger partial charge on any atom is -0.400 e. The predicted octanol–water partition coefficient (Wildman–Crippen LogP) is 8.34. The van der Waals surface area contributed by atoms with E-state index in [1.807, 2.05) is 6.07 Å². The molecule has 324 valence electrons. The van der Waals surface area contributed by atoms with Gasteiger partial charge in [0.2, 0.25) is 10.3 Å². The average molecular weight is 827 g/mol. The van der Waals surface area contributed by atoms with E-state index in [0.29, 0.717) is 19.2 Å². The van der Waals surface area contributed by atoms with Crippen LogP contribution in [0.1, 0.15) is 120 Å². The third kappa shape index (κ3) is 18.6. The summed E-state index contributed by atoms with van der Waals surface area (Å²) in [5.41, 5.74) is -3.16. The Kier molecular flexibility index (Phi) is 27.8. The molecule has 0 radical (unpaired) electrons. The second-order valence-electron chi connectivity index (χ2n) is 14.4. The van der Waals surface area contributed by atoms with Crippen molar-refractivity contribution in [1.29, 1.82) is 13.4 Å². The van der Waals surface area contributed by atoms with Gasteiger partial charge in [-0.05, 0) is 83.0 Å². The molecule has 16 heteroatoms. The highest BCUT2D eigenvalue weighted by Crippen LogP contribution is 2.58. The van der Waals surface area contributed by atoms with Gasteiger partial charge in [-0.2, -0.15) is 10.5 Å². The fourth-order valence-electron chi connectivity index (χ4n) is 6.10. The van der Waals surface area contributed by atoms with Crippen LogP contribution in [-0.4, -0.2) is 134 Å². The van der Waals surface area contributed by atoms with E-state index in [1.165, 1.54) is 28.1 Å². The first-order valence-corrected chi connectivity index (χ1v) is 21.6. The molecule has 0 aromatic heterocycles. The lowest BCUT2D eigenvalue weighted by Crippen LogP contribution is -2.54. The lowest BCUT2D eigenvalue weighted by atomic mass is 9.83. The fourth-order valence-corrected chi connectivity index (χ4v) is 11.2. The van der Waals surface area contributed by atoms with Crippen molar-refractivity contribution in [3.8, 4) is 12.1 Å². The van der Waals surface area contributed by atoms with Crippen LogP contribution in [0.25, 0.3) is 0 Å². The molecule has 54 heavy (non-hydrogen) atoms. The number of nitriles is 2. The van der Waals surface area contributed by atoms with Crippen LogP contribution in [0.15, 0.2) is 0 Å². The molecule has 9 atom stereocenters. The van der Waals surface area contributed by atoms with Gasteiger partial charge >= 0.3 is 0 Å². The standard InChI is InChI=1S/C15H32N3OP.C12H21FNO3P.C8H15FO2.2CH4O.CH4/c1-12(2)17(13(3)4)20(19,11-9-10-16)18(14(5)6)15(7)8;1-9-8-15-10(2)11(12(9,3)13)17-18(4)16-7-5-6-14;1-5-4-11-6(2)7(10)8(5,3)9;2*1-2;/h12-15H,9,11H2,1-8H3;9-11H,5,7-8H2,1-4H3;5-7,10H,4H2,1-3H3;2*2H,1H3;1H4/t;9-,10-,11?,12+,18?;5-,6-,7?,8+;;;/m.11.../s1/i;2*2D;2*2T;. The number of rotatable bonds is 13. The summed E-state index contributed by atoms with van der Waals surface area (Å²) in [6.07, 6.45) is -2.15. The quantitative estimate of drug-likeness (QED) is 0.120. The van der Waals surface area contributed by atoms with Crippen molar-refractivity contribution < 1.29 is 49.9 Å². The van der Waals surface area contributed by atoms with Crippen LogP contribution in [0.4, 0.5) is 8.78 Å². The van der Waals surface area contributed by atoms with Crippen molar-refractivity contribution in [2.24, 2.45) is 11.8 Å². The molecule has 2 saturated heterocycles. The molecular formula is C38H80F2N4O8P2. The largest absolute Gasteiger partial charge is 0.400 e. The van der Waals surface area contributed by atoms with Crippen molar-refractivity contribution in [2.75, 3.05) is 46.9 Å². The molecule has 0 aromatic rings.